The molecule has 0 saturated heterocycles. The number of benzene rings is 6. The van der Waals surface area contributed by atoms with Gasteiger partial charge in [0, 0.05) is 70.3 Å². The summed E-state index contributed by atoms with van der Waals surface area (Å²) in [6.45, 7) is 3.55. The molecule has 2 aromatic heterocycles. The zero-order chi connectivity index (χ0) is 49.6. The number of para-hydroxylation sites is 6. The average Bonchev–Trinajstić information content (AvgIpc) is 3.95. The topological polar surface area (TPSA) is 154 Å². The van der Waals surface area contributed by atoms with Crippen molar-refractivity contribution in [2.75, 3.05) is 33.7 Å². The fourth-order valence-electron chi connectivity index (χ4n) is 7.25. The standard InChI is InChI=1S/2C14H14N4O2.2C13H11N2.2Pt/c2*1-15-9-18(10-7-5-4-6-8-10)11-12(15)16(2)14(20)17(3)13(11)19;2*1-3-7-12(8-4-1)14-11-15-13-9-5-2-6-10-13;;/h2*4-7,9H,1-3H3;2*1-11H;;/q2*-2;2*-1;;. The molecule has 72 heavy (non-hydrogen) atoms. The van der Waals surface area contributed by atoms with E-state index in [-0.39, 0.29) is 64.6 Å². The van der Waals surface area contributed by atoms with E-state index < -0.39 is 0 Å². The van der Waals surface area contributed by atoms with Gasteiger partial charge in [-0.25, -0.2) is 9.59 Å². The Hall–Kier alpha value is -7.80. The molecule has 4 heterocycles. The summed E-state index contributed by atoms with van der Waals surface area (Å²) in [4.78, 5) is 64.3. The summed E-state index contributed by atoms with van der Waals surface area (Å²) in [6, 6.07) is 60.0. The van der Waals surface area contributed by atoms with Gasteiger partial charge >= 0.3 is 11.4 Å². The number of fused-ring (bicyclic) bond motifs is 2. The van der Waals surface area contributed by atoms with E-state index in [1.807, 2.05) is 158 Å². The normalized spacial score (nSPS) is 12.0. The maximum Gasteiger partial charge on any atom is 0.332 e. The van der Waals surface area contributed by atoms with Crippen molar-refractivity contribution in [2.24, 2.45) is 38.2 Å². The van der Waals surface area contributed by atoms with Crippen LogP contribution < -0.4 is 42.1 Å². The number of aromatic nitrogens is 4. The van der Waals surface area contributed by atoms with Crippen LogP contribution in [-0.4, -0.2) is 45.0 Å². The van der Waals surface area contributed by atoms with E-state index >= 15 is 0 Å². The minimum atomic E-state index is -0.340. The van der Waals surface area contributed by atoms with E-state index in [0.29, 0.717) is 23.0 Å². The fraction of sp³-hybridized carbons (Fsp3) is 0.111. The summed E-state index contributed by atoms with van der Waals surface area (Å²) < 4.78 is 5.16. The van der Waals surface area contributed by atoms with Gasteiger partial charge in [0.15, 0.2) is 0 Å². The van der Waals surface area contributed by atoms with Gasteiger partial charge in [-0.15, -0.1) is 11.4 Å². The largest absolute Gasteiger partial charge is 0.490 e. The third-order valence-electron chi connectivity index (χ3n) is 10.7. The van der Waals surface area contributed by atoms with Crippen LogP contribution in [0.3, 0.4) is 0 Å². The first-order chi connectivity index (χ1) is 33.9. The summed E-state index contributed by atoms with van der Waals surface area (Å²) in [5.41, 5.74) is 4.77. The second-order valence-corrected chi connectivity index (χ2v) is 15.5. The van der Waals surface area contributed by atoms with Gasteiger partial charge in [0.2, 0.25) is 0 Å². The van der Waals surface area contributed by atoms with Crippen molar-refractivity contribution < 1.29 is 42.1 Å². The zero-order valence-electron chi connectivity index (χ0n) is 40.1. The summed E-state index contributed by atoms with van der Waals surface area (Å²) in [5.74, 6) is 1.16. The Kier molecular flexibility index (Phi) is 20.2. The Morgan fingerprint density at radius 3 is 1.07 bits per heavy atom. The van der Waals surface area contributed by atoms with Crippen molar-refractivity contribution in [1.82, 2.24) is 18.3 Å². The summed E-state index contributed by atoms with van der Waals surface area (Å²) in [6.07, 6.45) is 3.15. The van der Waals surface area contributed by atoms with E-state index in [0.717, 1.165) is 43.3 Å². The Morgan fingerprint density at radius 1 is 0.431 bits per heavy atom. The van der Waals surface area contributed by atoms with Crippen molar-refractivity contribution in [1.29, 1.82) is 0 Å². The summed E-state index contributed by atoms with van der Waals surface area (Å²) >= 11 is 0. The SMILES string of the molecule is C(=Nc1ccccc1)[N-]c1ccccc1.C(=Nc1ccccc1)[N-]c1ccccc1.CN1[CH-]N(c2[c-]cccc2)c2c1n(C)c(=O)n(C)c2=O.CN1[CH-]N(c2[c-]cccc2)c2c1n(C)c(=O)n(C)c2=O.[Pt].[Pt]. The van der Waals surface area contributed by atoms with E-state index in [9.17, 15) is 19.2 Å². The van der Waals surface area contributed by atoms with Crippen LogP contribution in [-0.2, 0) is 70.3 Å². The van der Waals surface area contributed by atoms with E-state index in [4.69, 9.17) is 0 Å². The minimum Gasteiger partial charge on any atom is -0.490 e. The first-order valence-corrected chi connectivity index (χ1v) is 21.9. The Morgan fingerprint density at radius 2 is 0.750 bits per heavy atom. The first-order valence-electron chi connectivity index (χ1n) is 21.9. The Balaban J connectivity index is 0.000000178. The number of hydrogen-bond acceptors (Lipinski definition) is 10. The van der Waals surface area contributed by atoms with Crippen LogP contribution in [0.15, 0.2) is 199 Å². The Labute approximate surface area is 447 Å². The van der Waals surface area contributed by atoms with Gasteiger partial charge in [0.05, 0.1) is 0 Å². The van der Waals surface area contributed by atoms with Gasteiger partial charge in [0.25, 0.3) is 11.1 Å². The van der Waals surface area contributed by atoms with Gasteiger partial charge in [-0.2, -0.15) is 74.0 Å². The molecule has 0 N–H and O–H groups in total. The van der Waals surface area contributed by atoms with Crippen molar-refractivity contribution in [2.45, 2.75) is 0 Å². The molecule has 376 valence electrons. The molecule has 0 saturated carbocycles. The second kappa shape index (κ2) is 26.4. The molecule has 2 aliphatic rings. The van der Waals surface area contributed by atoms with Gasteiger partial charge in [-0.3, -0.25) is 27.9 Å². The molecule has 0 radical (unpaired) electrons. The molecule has 18 heteroatoms. The summed E-state index contributed by atoms with van der Waals surface area (Å²) in [7, 11) is 9.89. The molecule has 0 fully saturated rings. The molecule has 0 unspecified atom stereocenters. The monoisotopic (exact) mass is 1320 g/mol. The van der Waals surface area contributed by atoms with Crippen molar-refractivity contribution in [3.63, 3.8) is 0 Å². The predicted octanol–water partition coefficient (Wildman–Crippen LogP) is 9.28. The zero-order valence-corrected chi connectivity index (χ0v) is 44.7. The molecular formula is C54H50N12O4Pt2-6. The molecule has 0 bridgehead atoms. The maximum atomic E-state index is 12.4. The molecule has 2 aliphatic heterocycles. The molecule has 16 nitrogen and oxygen atoms in total. The predicted molar refractivity (Wildman–Crippen MR) is 282 cm³/mol. The maximum absolute atomic E-state index is 12.4. The third-order valence-corrected chi connectivity index (χ3v) is 10.7. The number of rotatable bonds is 8. The molecular weight excluding hydrogens is 1270 g/mol. The molecule has 0 spiro atoms. The minimum absolute atomic E-state index is 0. The van der Waals surface area contributed by atoms with E-state index in [2.05, 4.69) is 32.8 Å². The van der Waals surface area contributed by atoms with Crippen molar-refractivity contribution >= 4 is 69.8 Å². The van der Waals surface area contributed by atoms with Crippen molar-refractivity contribution in [3.05, 3.63) is 248 Å². The molecule has 0 atom stereocenters. The first kappa shape index (κ1) is 55.1. The average molecular weight is 1320 g/mol. The molecule has 0 amide bonds. The molecule has 6 aromatic carbocycles. The summed E-state index contributed by atoms with van der Waals surface area (Å²) in [5, 5.41) is 8.42. The smallest absolute Gasteiger partial charge is 0.332 e. The second-order valence-electron chi connectivity index (χ2n) is 15.5. The number of aliphatic imine (C=N–C) groups is 2. The Bertz CT molecular complexity index is 3060. The molecule has 8 aromatic rings. The quantitative estimate of drug-likeness (QED) is 0.0829. The van der Waals surface area contributed by atoms with Crippen LogP contribution in [0.5, 0.6) is 0 Å². The van der Waals surface area contributed by atoms with Gasteiger partial charge in [0.1, 0.15) is 23.0 Å². The van der Waals surface area contributed by atoms with Crippen molar-refractivity contribution in [3.8, 4) is 0 Å². The number of anilines is 6. The van der Waals surface area contributed by atoms with Crippen LogP contribution in [0.25, 0.3) is 10.6 Å². The fourth-order valence-corrected chi connectivity index (χ4v) is 7.25. The van der Waals surface area contributed by atoms with Crippen LogP contribution in [0.1, 0.15) is 0 Å². The van der Waals surface area contributed by atoms with Crippen LogP contribution in [0.4, 0.5) is 57.1 Å². The van der Waals surface area contributed by atoms with Gasteiger partial charge in [-0.1, -0.05) is 134 Å². The number of nitrogens with zero attached hydrogens (tertiary/aromatic N) is 12. The van der Waals surface area contributed by atoms with Gasteiger partial charge < -0.3 is 40.2 Å². The van der Waals surface area contributed by atoms with Crippen LogP contribution >= 0.6 is 0 Å². The van der Waals surface area contributed by atoms with Gasteiger partial charge in [-0.05, 0) is 36.8 Å². The van der Waals surface area contributed by atoms with Crippen LogP contribution in [0.2, 0.25) is 0 Å². The number of hydrogen-bond donors (Lipinski definition) is 0. The molecule has 0 aliphatic carbocycles. The molecule has 10 rings (SSSR count). The van der Waals surface area contributed by atoms with E-state index in [1.165, 1.54) is 23.2 Å². The van der Waals surface area contributed by atoms with Crippen LogP contribution in [0, 0.1) is 25.5 Å². The third kappa shape index (κ3) is 13.3. The van der Waals surface area contributed by atoms with E-state index in [1.54, 1.807) is 85.9 Å².